The van der Waals surface area contributed by atoms with Crippen molar-refractivity contribution in [2.24, 2.45) is 0 Å². The minimum atomic E-state index is -0.258. The van der Waals surface area contributed by atoms with Gasteiger partial charge in [0.2, 0.25) is 0 Å². The third-order valence-electron chi connectivity index (χ3n) is 3.16. The van der Waals surface area contributed by atoms with Gasteiger partial charge in [-0.05, 0) is 55.2 Å². The fraction of sp³-hybridized carbons (Fsp3) is 0.200. The van der Waals surface area contributed by atoms with Crippen LogP contribution in [0.25, 0.3) is 0 Å². The Morgan fingerprint density at radius 3 is 2.74 bits per heavy atom. The SMILES string of the molecule is N#Cc1cc2c(nc1Sc1ccc(F)cc1)CCC2. The molecule has 0 spiro atoms. The van der Waals surface area contributed by atoms with Gasteiger partial charge in [-0.1, -0.05) is 11.8 Å². The molecule has 0 saturated carbocycles. The molecule has 2 nitrogen and oxygen atoms in total. The van der Waals surface area contributed by atoms with Crippen LogP contribution < -0.4 is 0 Å². The summed E-state index contributed by atoms with van der Waals surface area (Å²) in [6.45, 7) is 0. The smallest absolute Gasteiger partial charge is 0.123 e. The normalized spacial score (nSPS) is 13.1. The van der Waals surface area contributed by atoms with E-state index in [4.69, 9.17) is 0 Å². The van der Waals surface area contributed by atoms with Gasteiger partial charge in [-0.15, -0.1) is 0 Å². The number of hydrogen-bond acceptors (Lipinski definition) is 3. The van der Waals surface area contributed by atoms with E-state index in [1.807, 2.05) is 6.07 Å². The zero-order valence-electron chi connectivity index (χ0n) is 10.2. The number of hydrogen-bond donors (Lipinski definition) is 0. The van der Waals surface area contributed by atoms with Crippen LogP contribution in [0.1, 0.15) is 23.2 Å². The van der Waals surface area contributed by atoms with Crippen LogP contribution >= 0.6 is 11.8 Å². The first-order chi connectivity index (χ1) is 9.26. The Balaban J connectivity index is 1.96. The van der Waals surface area contributed by atoms with Gasteiger partial charge < -0.3 is 0 Å². The number of nitrogens with zero attached hydrogens (tertiary/aromatic N) is 2. The largest absolute Gasteiger partial charge is 0.244 e. The number of benzene rings is 1. The van der Waals surface area contributed by atoms with Gasteiger partial charge in [0.15, 0.2) is 0 Å². The monoisotopic (exact) mass is 270 g/mol. The lowest BCUT2D eigenvalue weighted by atomic mass is 10.2. The van der Waals surface area contributed by atoms with Crippen molar-refractivity contribution in [3.05, 3.63) is 53.0 Å². The number of rotatable bonds is 2. The van der Waals surface area contributed by atoms with E-state index in [0.29, 0.717) is 5.56 Å². The molecule has 1 aromatic carbocycles. The summed E-state index contributed by atoms with van der Waals surface area (Å²) in [5.74, 6) is -0.258. The van der Waals surface area contributed by atoms with E-state index in [1.165, 1.54) is 29.5 Å². The molecule has 1 heterocycles. The summed E-state index contributed by atoms with van der Waals surface area (Å²) in [5.41, 5.74) is 2.90. The maximum atomic E-state index is 12.9. The summed E-state index contributed by atoms with van der Waals surface area (Å²) in [4.78, 5) is 5.48. The zero-order chi connectivity index (χ0) is 13.2. The van der Waals surface area contributed by atoms with Crippen LogP contribution in [0.3, 0.4) is 0 Å². The molecule has 0 saturated heterocycles. The summed E-state index contributed by atoms with van der Waals surface area (Å²) in [6.07, 6.45) is 3.11. The third kappa shape index (κ3) is 2.47. The van der Waals surface area contributed by atoms with Gasteiger partial charge >= 0.3 is 0 Å². The van der Waals surface area contributed by atoms with Gasteiger partial charge in [-0.25, -0.2) is 9.37 Å². The van der Waals surface area contributed by atoms with Crippen molar-refractivity contribution in [2.75, 3.05) is 0 Å². The van der Waals surface area contributed by atoms with Crippen LogP contribution in [0.4, 0.5) is 4.39 Å². The first kappa shape index (κ1) is 12.2. The second kappa shape index (κ2) is 5.02. The highest BCUT2D eigenvalue weighted by Crippen LogP contribution is 2.32. The van der Waals surface area contributed by atoms with Gasteiger partial charge in [0.25, 0.3) is 0 Å². The summed E-state index contributed by atoms with van der Waals surface area (Å²) in [6, 6.07) is 10.4. The number of fused-ring (bicyclic) bond motifs is 1. The van der Waals surface area contributed by atoms with E-state index in [9.17, 15) is 9.65 Å². The molecule has 3 rings (SSSR count). The van der Waals surface area contributed by atoms with Crippen LogP contribution in [0.15, 0.2) is 40.3 Å². The van der Waals surface area contributed by atoms with Crippen molar-refractivity contribution in [3.63, 3.8) is 0 Å². The van der Waals surface area contributed by atoms with E-state index >= 15 is 0 Å². The molecule has 0 fully saturated rings. The van der Waals surface area contributed by atoms with Crippen molar-refractivity contribution in [3.8, 4) is 6.07 Å². The molecule has 19 heavy (non-hydrogen) atoms. The molecule has 0 N–H and O–H groups in total. The molecule has 0 unspecified atom stereocenters. The standard InChI is InChI=1S/C15H11FN2S/c16-12-4-6-13(7-5-12)19-15-11(9-17)8-10-2-1-3-14(10)18-15/h4-8H,1-3H2. The molecule has 1 aliphatic carbocycles. The van der Waals surface area contributed by atoms with Crippen LogP contribution in [0, 0.1) is 17.1 Å². The average molecular weight is 270 g/mol. The fourth-order valence-corrected chi connectivity index (χ4v) is 3.09. The van der Waals surface area contributed by atoms with Gasteiger partial charge in [0.1, 0.15) is 16.9 Å². The highest BCUT2D eigenvalue weighted by Gasteiger charge is 2.17. The number of pyridine rings is 1. The summed E-state index contributed by atoms with van der Waals surface area (Å²) in [5, 5.41) is 9.93. The number of halogens is 1. The predicted molar refractivity (Wildman–Crippen MR) is 71.5 cm³/mol. The molecule has 94 valence electrons. The minimum absolute atomic E-state index is 0.258. The van der Waals surface area contributed by atoms with E-state index in [0.717, 1.165) is 34.9 Å². The van der Waals surface area contributed by atoms with Crippen molar-refractivity contribution in [1.82, 2.24) is 4.98 Å². The Morgan fingerprint density at radius 1 is 1.21 bits per heavy atom. The van der Waals surface area contributed by atoms with Crippen molar-refractivity contribution >= 4 is 11.8 Å². The molecule has 2 aromatic rings. The van der Waals surface area contributed by atoms with E-state index in [1.54, 1.807) is 12.1 Å². The van der Waals surface area contributed by atoms with Gasteiger partial charge in [-0.3, -0.25) is 0 Å². The Labute approximate surface area is 115 Å². The maximum Gasteiger partial charge on any atom is 0.123 e. The first-order valence-corrected chi connectivity index (χ1v) is 6.94. The molecule has 0 aliphatic heterocycles. The Morgan fingerprint density at radius 2 is 2.00 bits per heavy atom. The quantitative estimate of drug-likeness (QED) is 0.834. The molecule has 0 radical (unpaired) electrons. The number of nitriles is 1. The highest BCUT2D eigenvalue weighted by atomic mass is 32.2. The van der Waals surface area contributed by atoms with E-state index in [-0.39, 0.29) is 5.82 Å². The zero-order valence-corrected chi connectivity index (χ0v) is 11.0. The maximum absolute atomic E-state index is 12.9. The molecule has 1 aromatic heterocycles. The van der Waals surface area contributed by atoms with Crippen molar-refractivity contribution in [2.45, 2.75) is 29.2 Å². The summed E-state index contributed by atoms with van der Waals surface area (Å²) < 4.78 is 12.9. The second-order valence-corrected chi connectivity index (χ2v) is 5.53. The van der Waals surface area contributed by atoms with Crippen molar-refractivity contribution in [1.29, 1.82) is 5.26 Å². The third-order valence-corrected chi connectivity index (χ3v) is 4.18. The summed E-state index contributed by atoms with van der Waals surface area (Å²) in [7, 11) is 0. The molecule has 1 aliphatic rings. The molecule has 4 heteroatoms. The lowest BCUT2D eigenvalue weighted by molar-refractivity contribution is 0.626. The van der Waals surface area contributed by atoms with Gasteiger partial charge in [-0.2, -0.15) is 5.26 Å². The lowest BCUT2D eigenvalue weighted by Gasteiger charge is -2.06. The van der Waals surface area contributed by atoms with Gasteiger partial charge in [0.05, 0.1) is 5.56 Å². The van der Waals surface area contributed by atoms with Gasteiger partial charge in [0, 0.05) is 10.6 Å². The second-order valence-electron chi connectivity index (χ2n) is 4.47. The predicted octanol–water partition coefficient (Wildman–Crippen LogP) is 3.73. The van der Waals surface area contributed by atoms with Crippen LogP contribution in [0.2, 0.25) is 0 Å². The van der Waals surface area contributed by atoms with E-state index < -0.39 is 0 Å². The van der Waals surface area contributed by atoms with Crippen LogP contribution in [0.5, 0.6) is 0 Å². The number of aromatic nitrogens is 1. The fourth-order valence-electron chi connectivity index (χ4n) is 2.23. The molecule has 0 atom stereocenters. The molecule has 0 bridgehead atoms. The lowest BCUT2D eigenvalue weighted by Crippen LogP contribution is -1.94. The van der Waals surface area contributed by atoms with Crippen LogP contribution in [-0.4, -0.2) is 4.98 Å². The Hall–Kier alpha value is -1.86. The topological polar surface area (TPSA) is 36.7 Å². The highest BCUT2D eigenvalue weighted by molar-refractivity contribution is 7.99. The van der Waals surface area contributed by atoms with Crippen LogP contribution in [-0.2, 0) is 12.8 Å². The molecule has 0 amide bonds. The Kier molecular flexibility index (Phi) is 3.22. The Bertz CT molecular complexity index is 659. The molecular formula is C15H11FN2S. The average Bonchev–Trinajstić information content (AvgIpc) is 2.87. The molecular weight excluding hydrogens is 259 g/mol. The van der Waals surface area contributed by atoms with Crippen molar-refractivity contribution < 1.29 is 4.39 Å². The minimum Gasteiger partial charge on any atom is -0.244 e. The first-order valence-electron chi connectivity index (χ1n) is 6.12. The number of aryl methyl sites for hydroxylation is 2. The van der Waals surface area contributed by atoms with E-state index in [2.05, 4.69) is 11.1 Å². The summed E-state index contributed by atoms with van der Waals surface area (Å²) >= 11 is 1.41.